The molecule has 0 saturated carbocycles. The Morgan fingerprint density at radius 1 is 0.800 bits per heavy atom. The summed E-state index contributed by atoms with van der Waals surface area (Å²) in [5, 5.41) is 0.783. The van der Waals surface area contributed by atoms with E-state index in [1.807, 2.05) is 18.2 Å². The van der Waals surface area contributed by atoms with E-state index >= 15 is 0 Å². The first-order valence-corrected chi connectivity index (χ1v) is 5.38. The molecule has 0 aromatic heterocycles. The van der Waals surface area contributed by atoms with Gasteiger partial charge in [-0.2, -0.15) is 0 Å². The Labute approximate surface area is 95.5 Å². The highest BCUT2D eigenvalue weighted by Gasteiger charge is 1.99. The lowest BCUT2D eigenvalue weighted by atomic mass is 10.0. The van der Waals surface area contributed by atoms with Gasteiger partial charge in [0.05, 0.1) is 0 Å². The van der Waals surface area contributed by atoms with Gasteiger partial charge in [0.25, 0.3) is 0 Å². The third-order valence-corrected chi connectivity index (χ3v) is 2.90. The van der Waals surface area contributed by atoms with Crippen LogP contribution in [0.5, 0.6) is 0 Å². The molecule has 1 heteroatoms. The van der Waals surface area contributed by atoms with E-state index in [9.17, 15) is 0 Å². The summed E-state index contributed by atoms with van der Waals surface area (Å²) in [5.41, 5.74) is 5.03. The van der Waals surface area contributed by atoms with Gasteiger partial charge in [-0.3, -0.25) is 0 Å². The molecule has 15 heavy (non-hydrogen) atoms. The first-order chi connectivity index (χ1) is 7.16. The van der Waals surface area contributed by atoms with Crippen LogP contribution in [0.2, 0.25) is 5.02 Å². The number of rotatable bonds is 1. The lowest BCUT2D eigenvalue weighted by Crippen LogP contribution is -1.83. The van der Waals surface area contributed by atoms with Crippen molar-refractivity contribution in [2.75, 3.05) is 0 Å². The number of halogens is 1. The van der Waals surface area contributed by atoms with Crippen LogP contribution in [0.15, 0.2) is 42.5 Å². The van der Waals surface area contributed by atoms with E-state index < -0.39 is 0 Å². The predicted molar refractivity (Wildman–Crippen MR) is 66.4 cm³/mol. The van der Waals surface area contributed by atoms with Crippen molar-refractivity contribution in [3.8, 4) is 11.1 Å². The number of hydrogen-bond acceptors (Lipinski definition) is 0. The summed E-state index contributed by atoms with van der Waals surface area (Å²) in [6.45, 7) is 4.25. The van der Waals surface area contributed by atoms with Gasteiger partial charge in [-0.1, -0.05) is 41.9 Å². The molecule has 0 aliphatic rings. The summed E-state index contributed by atoms with van der Waals surface area (Å²) in [5.74, 6) is 0. The minimum atomic E-state index is 0.783. The molecule has 0 radical (unpaired) electrons. The second-order valence-corrected chi connectivity index (χ2v) is 4.25. The first kappa shape index (κ1) is 10.3. The smallest absolute Gasteiger partial charge is 0.0412 e. The molecule has 0 amide bonds. The molecule has 0 fully saturated rings. The van der Waals surface area contributed by atoms with Crippen molar-refractivity contribution in [3.63, 3.8) is 0 Å². The van der Waals surface area contributed by atoms with Crippen LogP contribution in [-0.2, 0) is 0 Å². The molecule has 2 aromatic carbocycles. The van der Waals surface area contributed by atoms with E-state index in [1.54, 1.807) is 0 Å². The second-order valence-electron chi connectivity index (χ2n) is 3.81. The maximum absolute atomic E-state index is 5.97. The quantitative estimate of drug-likeness (QED) is 0.652. The zero-order valence-electron chi connectivity index (χ0n) is 8.92. The van der Waals surface area contributed by atoms with Gasteiger partial charge in [-0.05, 0) is 48.2 Å². The topological polar surface area (TPSA) is 0 Å². The first-order valence-electron chi connectivity index (χ1n) is 5.00. The van der Waals surface area contributed by atoms with Crippen molar-refractivity contribution in [2.45, 2.75) is 13.8 Å². The van der Waals surface area contributed by atoms with E-state index in [-0.39, 0.29) is 0 Å². The Morgan fingerprint density at radius 2 is 1.53 bits per heavy atom. The molecule has 2 rings (SSSR count). The van der Waals surface area contributed by atoms with E-state index in [1.165, 1.54) is 22.3 Å². The highest BCUT2D eigenvalue weighted by Crippen LogP contribution is 2.24. The third kappa shape index (κ3) is 2.21. The Hall–Kier alpha value is -1.27. The molecular weight excluding hydrogens is 204 g/mol. The van der Waals surface area contributed by atoms with Gasteiger partial charge in [0, 0.05) is 5.02 Å². The molecule has 76 valence electrons. The van der Waals surface area contributed by atoms with Crippen LogP contribution in [0, 0.1) is 13.8 Å². The van der Waals surface area contributed by atoms with Crippen LogP contribution in [0.25, 0.3) is 11.1 Å². The SMILES string of the molecule is Cc1ccc(-c2cccc(Cl)c2)cc1C. The summed E-state index contributed by atoms with van der Waals surface area (Å²) < 4.78 is 0. The molecule has 0 aliphatic heterocycles. The molecule has 0 aliphatic carbocycles. The van der Waals surface area contributed by atoms with E-state index in [0.717, 1.165) is 5.02 Å². The van der Waals surface area contributed by atoms with Crippen LogP contribution in [-0.4, -0.2) is 0 Å². The summed E-state index contributed by atoms with van der Waals surface area (Å²) in [6, 6.07) is 14.4. The van der Waals surface area contributed by atoms with Crippen molar-refractivity contribution < 1.29 is 0 Å². The third-order valence-electron chi connectivity index (χ3n) is 2.66. The average molecular weight is 217 g/mol. The molecule has 0 saturated heterocycles. The maximum atomic E-state index is 5.97. The van der Waals surface area contributed by atoms with Gasteiger partial charge in [0.2, 0.25) is 0 Å². The number of hydrogen-bond donors (Lipinski definition) is 0. The molecule has 2 aromatic rings. The van der Waals surface area contributed by atoms with Gasteiger partial charge in [-0.25, -0.2) is 0 Å². The van der Waals surface area contributed by atoms with Gasteiger partial charge >= 0.3 is 0 Å². The zero-order valence-corrected chi connectivity index (χ0v) is 9.68. The van der Waals surface area contributed by atoms with Crippen LogP contribution < -0.4 is 0 Å². The molecule has 0 nitrogen and oxygen atoms in total. The van der Waals surface area contributed by atoms with Crippen molar-refractivity contribution in [1.29, 1.82) is 0 Å². The minimum absolute atomic E-state index is 0.783. The van der Waals surface area contributed by atoms with E-state index in [2.05, 4.69) is 38.1 Å². The highest BCUT2D eigenvalue weighted by atomic mass is 35.5. The molecule has 0 bridgehead atoms. The van der Waals surface area contributed by atoms with Crippen LogP contribution in [0.4, 0.5) is 0 Å². The zero-order chi connectivity index (χ0) is 10.8. The lowest BCUT2D eigenvalue weighted by molar-refractivity contribution is 1.34. The van der Waals surface area contributed by atoms with Gasteiger partial charge < -0.3 is 0 Å². The number of aryl methyl sites for hydroxylation is 2. The van der Waals surface area contributed by atoms with Crippen molar-refractivity contribution >= 4 is 11.6 Å². The Kier molecular flexibility index (Phi) is 2.79. The predicted octanol–water partition coefficient (Wildman–Crippen LogP) is 4.62. The molecule has 0 atom stereocenters. The Morgan fingerprint density at radius 3 is 2.20 bits per heavy atom. The van der Waals surface area contributed by atoms with Crippen molar-refractivity contribution in [1.82, 2.24) is 0 Å². The Bertz CT molecular complexity index is 486. The molecule has 0 N–H and O–H groups in total. The van der Waals surface area contributed by atoms with Crippen molar-refractivity contribution in [3.05, 3.63) is 58.6 Å². The summed E-state index contributed by atoms with van der Waals surface area (Å²) in [7, 11) is 0. The lowest BCUT2D eigenvalue weighted by Gasteiger charge is -2.05. The van der Waals surface area contributed by atoms with E-state index in [0.29, 0.717) is 0 Å². The van der Waals surface area contributed by atoms with Gasteiger partial charge in [0.1, 0.15) is 0 Å². The largest absolute Gasteiger partial charge is 0.0843 e. The van der Waals surface area contributed by atoms with E-state index in [4.69, 9.17) is 11.6 Å². The van der Waals surface area contributed by atoms with Crippen LogP contribution in [0.3, 0.4) is 0 Å². The summed E-state index contributed by atoms with van der Waals surface area (Å²) >= 11 is 5.97. The van der Waals surface area contributed by atoms with Crippen molar-refractivity contribution in [2.24, 2.45) is 0 Å². The highest BCUT2D eigenvalue weighted by molar-refractivity contribution is 6.30. The fourth-order valence-corrected chi connectivity index (χ4v) is 1.78. The molecular formula is C14H13Cl. The summed E-state index contributed by atoms with van der Waals surface area (Å²) in [6.07, 6.45) is 0. The van der Waals surface area contributed by atoms with Crippen LogP contribution >= 0.6 is 11.6 Å². The average Bonchev–Trinajstić information content (AvgIpc) is 2.22. The Balaban J connectivity index is 2.50. The monoisotopic (exact) mass is 216 g/mol. The fraction of sp³-hybridized carbons (Fsp3) is 0.143. The van der Waals surface area contributed by atoms with Gasteiger partial charge in [0.15, 0.2) is 0 Å². The molecule has 0 unspecified atom stereocenters. The standard InChI is InChI=1S/C14H13Cl/c1-10-6-7-13(8-11(10)2)12-4-3-5-14(15)9-12/h3-9H,1-2H3. The second kappa shape index (κ2) is 4.08. The molecule has 0 heterocycles. The number of benzene rings is 2. The minimum Gasteiger partial charge on any atom is -0.0843 e. The summed E-state index contributed by atoms with van der Waals surface area (Å²) in [4.78, 5) is 0. The fourth-order valence-electron chi connectivity index (χ4n) is 1.59. The van der Waals surface area contributed by atoms with Gasteiger partial charge in [-0.15, -0.1) is 0 Å². The molecule has 0 spiro atoms. The van der Waals surface area contributed by atoms with Crippen LogP contribution in [0.1, 0.15) is 11.1 Å². The maximum Gasteiger partial charge on any atom is 0.0412 e. The normalized spacial score (nSPS) is 10.3.